The van der Waals surface area contributed by atoms with Crippen LogP contribution in [0.25, 0.3) is 0 Å². The molecule has 0 heterocycles. The predicted molar refractivity (Wildman–Crippen MR) is 95.2 cm³/mol. The number of ether oxygens (including phenoxy) is 1. The van der Waals surface area contributed by atoms with E-state index < -0.39 is 5.38 Å². The van der Waals surface area contributed by atoms with Gasteiger partial charge in [0.15, 0.2) is 0 Å². The lowest BCUT2D eigenvalue weighted by molar-refractivity contribution is 0.406. The fraction of sp³-hybridized carbons (Fsp3) is 0.143. The van der Waals surface area contributed by atoms with Crippen molar-refractivity contribution in [1.29, 1.82) is 0 Å². The van der Waals surface area contributed by atoms with Gasteiger partial charge >= 0.3 is 0 Å². The number of hydrogen-bond donors (Lipinski definition) is 0. The van der Waals surface area contributed by atoms with Crippen molar-refractivity contribution in [3.8, 4) is 5.75 Å². The molecule has 0 N–H and O–H groups in total. The first-order valence-electron chi connectivity index (χ1n) is 5.56. The van der Waals surface area contributed by atoms with Gasteiger partial charge in [-0.2, -0.15) is 0 Å². The largest absolute Gasteiger partial charge is 0.496 e. The van der Waals surface area contributed by atoms with Crippen molar-refractivity contribution in [3.05, 3.63) is 59.8 Å². The Balaban J connectivity index is 2.55. The summed E-state index contributed by atoms with van der Waals surface area (Å²) in [6, 6.07) is 8.89. The summed E-state index contributed by atoms with van der Waals surface area (Å²) < 4.78 is 21.1. The van der Waals surface area contributed by atoms with Gasteiger partial charge < -0.3 is 4.74 Å². The lowest BCUT2D eigenvalue weighted by atomic mass is 10.0. The van der Waals surface area contributed by atoms with E-state index in [9.17, 15) is 4.39 Å². The molecule has 1 atom stereocenters. The third kappa shape index (κ3) is 3.48. The average molecular weight is 534 g/mol. The van der Waals surface area contributed by atoms with Crippen molar-refractivity contribution in [3.63, 3.8) is 0 Å². The second-order valence-corrected chi connectivity index (χ2v) is 7.43. The highest BCUT2D eigenvalue weighted by atomic mass is 127. The fourth-order valence-corrected chi connectivity index (χ4v) is 3.63. The average Bonchev–Trinajstić information content (AvgIpc) is 2.43. The van der Waals surface area contributed by atoms with Gasteiger partial charge in [0, 0.05) is 19.7 Å². The van der Waals surface area contributed by atoms with Crippen LogP contribution in [0, 0.1) is 9.39 Å². The van der Waals surface area contributed by atoms with Gasteiger partial charge in [-0.15, -0.1) is 11.6 Å². The molecule has 0 aliphatic carbocycles. The molecule has 0 radical (unpaired) electrons. The number of methoxy groups -OCH3 is 1. The molecular formula is C14H9Br2ClFIO. The van der Waals surface area contributed by atoms with Gasteiger partial charge in [-0.3, -0.25) is 0 Å². The number of benzene rings is 2. The molecule has 1 nitrogen and oxygen atoms in total. The second-order valence-electron chi connectivity index (χ2n) is 4.04. The van der Waals surface area contributed by atoms with Gasteiger partial charge in [0.05, 0.1) is 17.0 Å². The quantitative estimate of drug-likeness (QED) is 0.332. The zero-order valence-electron chi connectivity index (χ0n) is 10.3. The maximum Gasteiger partial charge on any atom is 0.141 e. The van der Waals surface area contributed by atoms with E-state index in [1.165, 1.54) is 13.2 Å². The molecule has 6 heteroatoms. The summed E-state index contributed by atoms with van der Waals surface area (Å²) in [5.74, 6) is 0.0487. The van der Waals surface area contributed by atoms with E-state index in [4.69, 9.17) is 16.3 Å². The van der Waals surface area contributed by atoms with Gasteiger partial charge in [0.25, 0.3) is 0 Å². The fourth-order valence-electron chi connectivity index (χ4n) is 1.80. The summed E-state index contributed by atoms with van der Waals surface area (Å²) in [5.41, 5.74) is 1.63. The van der Waals surface area contributed by atoms with Crippen molar-refractivity contribution in [2.75, 3.05) is 7.11 Å². The zero-order valence-corrected chi connectivity index (χ0v) is 16.3. The summed E-state index contributed by atoms with van der Waals surface area (Å²) in [6.45, 7) is 0. The Morgan fingerprint density at radius 1 is 1.15 bits per heavy atom. The number of hydrogen-bond acceptors (Lipinski definition) is 1. The lowest BCUT2D eigenvalue weighted by Gasteiger charge is -2.17. The predicted octanol–water partition coefficient (Wildman–Crippen LogP) is 6.29. The van der Waals surface area contributed by atoms with Gasteiger partial charge in [-0.05, 0) is 68.3 Å². The van der Waals surface area contributed by atoms with Gasteiger partial charge in [-0.25, -0.2) is 4.39 Å². The Hall–Kier alpha value is 0.150. The number of alkyl halides is 1. The Bertz CT molecular complexity index is 651. The minimum atomic E-state index is -0.439. The summed E-state index contributed by atoms with van der Waals surface area (Å²) in [7, 11) is 1.50. The van der Waals surface area contributed by atoms with Crippen LogP contribution in [0.4, 0.5) is 4.39 Å². The van der Waals surface area contributed by atoms with Crippen LogP contribution in [0.5, 0.6) is 5.75 Å². The normalized spacial score (nSPS) is 12.3. The van der Waals surface area contributed by atoms with Crippen molar-refractivity contribution in [2.24, 2.45) is 0 Å². The van der Waals surface area contributed by atoms with Crippen LogP contribution in [0.1, 0.15) is 16.5 Å². The summed E-state index contributed by atoms with van der Waals surface area (Å²) in [6.07, 6.45) is 0. The highest BCUT2D eigenvalue weighted by Crippen LogP contribution is 2.40. The third-order valence-corrected chi connectivity index (χ3v) is 5.25. The second kappa shape index (κ2) is 6.94. The van der Waals surface area contributed by atoms with Crippen molar-refractivity contribution in [2.45, 2.75) is 5.38 Å². The molecule has 1 unspecified atom stereocenters. The topological polar surface area (TPSA) is 9.23 Å². The third-order valence-electron chi connectivity index (χ3n) is 2.78. The molecule has 0 saturated carbocycles. The van der Waals surface area contributed by atoms with Crippen molar-refractivity contribution in [1.82, 2.24) is 0 Å². The zero-order chi connectivity index (χ0) is 14.9. The van der Waals surface area contributed by atoms with E-state index in [2.05, 4.69) is 54.5 Å². The van der Waals surface area contributed by atoms with Crippen molar-refractivity contribution < 1.29 is 9.13 Å². The smallest absolute Gasteiger partial charge is 0.141 e. The molecular weight excluding hydrogens is 525 g/mol. The van der Waals surface area contributed by atoms with Gasteiger partial charge in [-0.1, -0.05) is 15.9 Å². The van der Waals surface area contributed by atoms with E-state index in [1.54, 1.807) is 6.07 Å². The Morgan fingerprint density at radius 2 is 1.85 bits per heavy atom. The maximum absolute atomic E-state index is 13.6. The van der Waals surface area contributed by atoms with Crippen LogP contribution in [0.15, 0.2) is 39.3 Å². The molecule has 2 rings (SSSR count). The monoisotopic (exact) mass is 532 g/mol. The molecule has 0 aliphatic heterocycles. The summed E-state index contributed by atoms with van der Waals surface area (Å²) >= 11 is 15.5. The van der Waals surface area contributed by atoms with E-state index >= 15 is 0 Å². The lowest BCUT2D eigenvalue weighted by Crippen LogP contribution is -2.00. The first-order chi connectivity index (χ1) is 9.43. The Kier molecular flexibility index (Phi) is 5.73. The Morgan fingerprint density at radius 3 is 2.50 bits per heavy atom. The summed E-state index contributed by atoms with van der Waals surface area (Å²) in [4.78, 5) is 0. The SMILES string of the molecule is COc1cc(F)c(Br)cc1C(Cl)c1cc(I)ccc1Br. The molecule has 0 aliphatic rings. The number of rotatable bonds is 3. The minimum Gasteiger partial charge on any atom is -0.496 e. The first kappa shape index (κ1) is 16.5. The van der Waals surface area contributed by atoms with Gasteiger partial charge in [0.1, 0.15) is 11.6 Å². The molecule has 2 aromatic carbocycles. The molecule has 0 saturated heterocycles. The van der Waals surface area contributed by atoms with Crippen LogP contribution in [0.3, 0.4) is 0 Å². The molecule has 2 aromatic rings. The van der Waals surface area contributed by atoms with E-state index in [-0.39, 0.29) is 5.82 Å². The minimum absolute atomic E-state index is 0.362. The van der Waals surface area contributed by atoms with Gasteiger partial charge in [0.2, 0.25) is 0 Å². The maximum atomic E-state index is 13.6. The molecule has 20 heavy (non-hydrogen) atoms. The van der Waals surface area contributed by atoms with Crippen LogP contribution >= 0.6 is 66.1 Å². The molecule has 0 aromatic heterocycles. The summed E-state index contributed by atoms with van der Waals surface area (Å²) in [5, 5.41) is -0.439. The standard InChI is InChI=1S/C14H9Br2ClFIO/c1-20-13-6-12(18)11(16)5-9(13)14(17)8-4-7(19)2-3-10(8)15/h2-6,14H,1H3. The molecule has 106 valence electrons. The Labute approximate surface area is 152 Å². The molecule has 0 amide bonds. The van der Waals surface area contributed by atoms with Crippen LogP contribution in [0.2, 0.25) is 0 Å². The first-order valence-corrected chi connectivity index (χ1v) is 8.66. The van der Waals surface area contributed by atoms with Crippen molar-refractivity contribution >= 4 is 66.1 Å². The van der Waals surface area contributed by atoms with E-state index in [0.717, 1.165) is 13.6 Å². The van der Waals surface area contributed by atoms with Crippen LogP contribution in [-0.4, -0.2) is 7.11 Å². The molecule has 0 fully saturated rings. The van der Waals surface area contributed by atoms with Crippen LogP contribution in [-0.2, 0) is 0 Å². The van der Waals surface area contributed by atoms with E-state index in [0.29, 0.717) is 15.8 Å². The molecule has 0 spiro atoms. The van der Waals surface area contributed by atoms with Crippen LogP contribution < -0.4 is 4.74 Å². The van der Waals surface area contributed by atoms with E-state index in [1.807, 2.05) is 18.2 Å². The highest BCUT2D eigenvalue weighted by molar-refractivity contribution is 14.1. The number of halogens is 5. The molecule has 0 bridgehead atoms. The highest BCUT2D eigenvalue weighted by Gasteiger charge is 2.20.